The number of hydrogen-bond acceptors (Lipinski definition) is 14. The maximum atomic E-state index is 14.2. The lowest BCUT2D eigenvalue weighted by molar-refractivity contribution is -0.336. The van der Waals surface area contributed by atoms with Crippen LogP contribution in [0.25, 0.3) is 10.8 Å². The van der Waals surface area contributed by atoms with Crippen LogP contribution in [0.2, 0.25) is 0 Å². The summed E-state index contributed by atoms with van der Waals surface area (Å²) in [7, 11) is 0. The van der Waals surface area contributed by atoms with Gasteiger partial charge >= 0.3 is 0 Å². The van der Waals surface area contributed by atoms with Gasteiger partial charge in [0.1, 0.15) is 35.6 Å². The average Bonchev–Trinajstić information content (AvgIpc) is 3.01. The number of aryl methyl sites for hydroxylation is 1. The van der Waals surface area contributed by atoms with Crippen molar-refractivity contribution in [3.8, 4) is 11.5 Å². The molecule has 5 bridgehead atoms. The van der Waals surface area contributed by atoms with E-state index in [1.54, 1.807) is 13.0 Å². The van der Waals surface area contributed by atoms with Crippen molar-refractivity contribution < 1.29 is 49.7 Å². The predicted molar refractivity (Wildman–Crippen MR) is 166 cm³/mol. The molecule has 47 heavy (non-hydrogen) atoms. The second-order valence-electron chi connectivity index (χ2n) is 13.1. The molecule has 1 fully saturated rings. The van der Waals surface area contributed by atoms with Crippen LogP contribution in [0.1, 0.15) is 57.7 Å². The van der Waals surface area contributed by atoms with Gasteiger partial charge in [-0.1, -0.05) is 13.8 Å². The van der Waals surface area contributed by atoms with Crippen LogP contribution in [-0.2, 0) is 4.74 Å². The largest absolute Gasteiger partial charge is 0.507 e. The van der Waals surface area contributed by atoms with Crippen molar-refractivity contribution in [2.24, 2.45) is 5.92 Å². The summed E-state index contributed by atoms with van der Waals surface area (Å²) in [5, 5.41) is 72.4. The molecule has 0 saturated carbocycles. The number of anilines is 1. The first-order valence-corrected chi connectivity index (χ1v) is 15.4. The van der Waals surface area contributed by atoms with Gasteiger partial charge in [0.25, 0.3) is 0 Å². The van der Waals surface area contributed by atoms with E-state index in [1.807, 2.05) is 13.8 Å². The Morgan fingerprint density at radius 2 is 1.79 bits per heavy atom. The molecule has 2 aromatic carbocycles. The van der Waals surface area contributed by atoms with Crippen LogP contribution in [0.4, 0.5) is 5.82 Å². The van der Waals surface area contributed by atoms with Gasteiger partial charge < -0.3 is 50.9 Å². The molecule has 1 saturated heterocycles. The summed E-state index contributed by atoms with van der Waals surface area (Å²) in [6.07, 6.45) is -7.29. The number of fused-ring (bicyclic) bond motifs is 6. The molecule has 4 heterocycles. The average molecular weight is 649 g/mol. The van der Waals surface area contributed by atoms with Gasteiger partial charge in [-0.05, 0) is 54.1 Å². The van der Waals surface area contributed by atoms with Crippen LogP contribution in [-0.4, -0.2) is 108 Å². The zero-order valence-electron chi connectivity index (χ0n) is 25.8. The minimum atomic E-state index is -2.08. The third kappa shape index (κ3) is 4.87. The predicted octanol–water partition coefficient (Wildman–Crippen LogP) is 0.436. The molecule has 1 aliphatic carbocycles. The summed E-state index contributed by atoms with van der Waals surface area (Å²) >= 11 is 0. The fraction of sp³-hybridized carbons (Fsp3) is 0.424. The molecule has 248 valence electrons. The molecule has 3 aromatic rings. The molecule has 14 nitrogen and oxygen atoms in total. The minimum Gasteiger partial charge on any atom is -0.507 e. The number of rotatable bonds is 2. The molecule has 14 heteroatoms. The number of ketones is 2. The molecule has 0 unspecified atom stereocenters. The van der Waals surface area contributed by atoms with E-state index in [0.29, 0.717) is 22.0 Å². The standard InChI is InChI=1S/C33H36N4O10/c1-13(2)12-37-32(45)33-10-15(36-37)8-16(38)11-35-30-18-9-21(46-31(47-33)28(43)27(42)29(33)44)24-23(17(18)4-5-34-30)25(40)19-6-14(3)7-20(39)22(19)26(24)41/h4-7,9-10,13,16,27-29,31-32,36,38-39,42-45H,8,11-12H2,1-3H3,(H,34,35)/t16-,27+,28+,29-,31+,32+,33+/m0/s1. The number of nitrogens with zero attached hydrogens (tertiary/aromatic N) is 2. The maximum absolute atomic E-state index is 14.2. The molecule has 4 aliphatic rings. The number of benzene rings is 2. The summed E-state index contributed by atoms with van der Waals surface area (Å²) in [5.41, 5.74) is 1.44. The van der Waals surface area contributed by atoms with Crippen LogP contribution in [0.15, 0.2) is 42.2 Å². The lowest BCUT2D eigenvalue weighted by Gasteiger charge is -2.53. The first-order valence-electron chi connectivity index (χ1n) is 15.4. The zero-order valence-corrected chi connectivity index (χ0v) is 25.8. The first kappa shape index (κ1) is 31.4. The Kier molecular flexibility index (Phi) is 7.52. The van der Waals surface area contributed by atoms with E-state index in [0.717, 1.165) is 0 Å². The molecule has 1 spiro atoms. The highest BCUT2D eigenvalue weighted by Gasteiger charge is 2.60. The topological polar surface area (TPSA) is 214 Å². The second-order valence-corrected chi connectivity index (χ2v) is 13.1. The highest BCUT2D eigenvalue weighted by atomic mass is 16.7. The fourth-order valence-electron chi connectivity index (χ4n) is 7.00. The molecule has 8 N–H and O–H groups in total. The molecular formula is C33H36N4O10. The summed E-state index contributed by atoms with van der Waals surface area (Å²) in [5.74, 6) is -1.64. The number of β-amino-alcohol motifs (C(OH)–C–C–N with tert-alkyl or cyclic N) is 1. The smallest absolute Gasteiger partial charge is 0.229 e. The van der Waals surface area contributed by atoms with E-state index >= 15 is 0 Å². The molecule has 1 aromatic heterocycles. The Hall–Kier alpha value is -4.15. The highest BCUT2D eigenvalue weighted by molar-refractivity contribution is 6.34. The lowest BCUT2D eigenvalue weighted by atomic mass is 9.80. The van der Waals surface area contributed by atoms with E-state index in [4.69, 9.17) is 9.47 Å². The Morgan fingerprint density at radius 1 is 1.02 bits per heavy atom. The Bertz CT molecular complexity index is 1850. The highest BCUT2D eigenvalue weighted by Crippen LogP contribution is 2.45. The van der Waals surface area contributed by atoms with Gasteiger partial charge in [-0.2, -0.15) is 5.01 Å². The minimum absolute atomic E-state index is 0.00165. The van der Waals surface area contributed by atoms with E-state index in [-0.39, 0.29) is 59.2 Å². The summed E-state index contributed by atoms with van der Waals surface area (Å²) < 4.78 is 12.4. The number of aliphatic hydroxyl groups excluding tert-OH is 5. The van der Waals surface area contributed by atoms with Gasteiger partial charge in [0, 0.05) is 47.9 Å². The van der Waals surface area contributed by atoms with Gasteiger partial charge in [-0.3, -0.25) is 9.59 Å². The van der Waals surface area contributed by atoms with Crippen LogP contribution < -0.4 is 15.5 Å². The van der Waals surface area contributed by atoms with Crippen LogP contribution in [0.5, 0.6) is 11.5 Å². The molecule has 0 radical (unpaired) electrons. The van der Waals surface area contributed by atoms with Gasteiger partial charge in [-0.25, -0.2) is 4.98 Å². The van der Waals surface area contributed by atoms with Crippen molar-refractivity contribution in [2.45, 2.75) is 69.7 Å². The molecule has 3 aliphatic heterocycles. The Morgan fingerprint density at radius 3 is 2.53 bits per heavy atom. The molecular weight excluding hydrogens is 612 g/mol. The van der Waals surface area contributed by atoms with Crippen molar-refractivity contribution in [3.63, 3.8) is 0 Å². The number of phenols is 1. The number of carbonyl (C=O) groups excluding carboxylic acids is 2. The monoisotopic (exact) mass is 648 g/mol. The van der Waals surface area contributed by atoms with Crippen LogP contribution in [0.3, 0.4) is 0 Å². The lowest BCUT2D eigenvalue weighted by Crippen LogP contribution is -2.74. The number of aromatic nitrogens is 1. The van der Waals surface area contributed by atoms with Gasteiger partial charge in [-0.15, -0.1) is 0 Å². The fourth-order valence-corrected chi connectivity index (χ4v) is 7.00. The van der Waals surface area contributed by atoms with Crippen molar-refractivity contribution >= 4 is 28.2 Å². The van der Waals surface area contributed by atoms with Gasteiger partial charge in [0.2, 0.25) is 12.1 Å². The second kappa shape index (κ2) is 11.2. The van der Waals surface area contributed by atoms with Crippen LogP contribution in [0, 0.1) is 12.8 Å². The maximum Gasteiger partial charge on any atom is 0.229 e. The van der Waals surface area contributed by atoms with E-state index < -0.39 is 59.9 Å². The molecule has 0 amide bonds. The number of phenolic OH excluding ortho intramolecular Hbond substituents is 1. The summed E-state index contributed by atoms with van der Waals surface area (Å²) in [6, 6.07) is 5.87. The van der Waals surface area contributed by atoms with Gasteiger partial charge in [0.05, 0.1) is 17.2 Å². The third-order valence-electron chi connectivity index (χ3n) is 9.11. The normalized spacial score (nSPS) is 30.5. The van der Waals surface area contributed by atoms with Crippen molar-refractivity contribution in [2.75, 3.05) is 18.4 Å². The number of hydrazine groups is 1. The number of aromatic hydroxyl groups is 1. The zero-order chi connectivity index (χ0) is 33.5. The van der Waals surface area contributed by atoms with E-state index in [1.165, 1.54) is 35.5 Å². The van der Waals surface area contributed by atoms with Crippen molar-refractivity contribution in [1.82, 2.24) is 15.4 Å². The molecule has 7 atom stereocenters. The number of carbonyl (C=O) groups is 2. The number of ether oxygens (including phenoxy) is 2. The third-order valence-corrected chi connectivity index (χ3v) is 9.11. The Labute approximate surface area is 268 Å². The van der Waals surface area contributed by atoms with E-state index in [9.17, 15) is 40.2 Å². The Balaban J connectivity index is 1.46. The first-order chi connectivity index (χ1) is 22.3. The number of hydrogen-bond donors (Lipinski definition) is 8. The SMILES string of the molecule is Cc1cc(O)c2c(c1)C(=O)c1c(c3cc4c(nccc14)NC[C@@H](O)CC1=C[C@]4(O[C@@H](O3)[C@H](O)[C@@H](O)[C@@H]4O)[C@@H](O)N(CC(C)C)N1)C2=O. The number of pyridine rings is 1. The molecule has 7 rings (SSSR count). The number of nitrogens with one attached hydrogen (secondary N) is 2. The number of aliphatic hydroxyl groups is 5. The van der Waals surface area contributed by atoms with Crippen LogP contribution >= 0.6 is 0 Å². The summed E-state index contributed by atoms with van der Waals surface area (Å²) in [6.45, 7) is 5.74. The summed E-state index contributed by atoms with van der Waals surface area (Å²) in [4.78, 5) is 32.8. The van der Waals surface area contributed by atoms with Gasteiger partial charge in [0.15, 0.2) is 17.6 Å². The van der Waals surface area contributed by atoms with Crippen molar-refractivity contribution in [1.29, 1.82) is 0 Å². The quantitative estimate of drug-likeness (QED) is 0.148. The van der Waals surface area contributed by atoms with E-state index in [2.05, 4.69) is 15.7 Å². The van der Waals surface area contributed by atoms with Crippen molar-refractivity contribution in [3.05, 3.63) is 70.1 Å².